The van der Waals surface area contributed by atoms with Crippen LogP contribution in [0.4, 0.5) is 5.69 Å². The molecular weight excluding hydrogens is 242 g/mol. The van der Waals surface area contributed by atoms with Crippen LogP contribution in [-0.2, 0) is 16.1 Å². The Kier molecular flexibility index (Phi) is 3.82. The van der Waals surface area contributed by atoms with Gasteiger partial charge in [-0.2, -0.15) is 5.10 Å². The number of nitrogens with zero attached hydrogens (tertiary/aromatic N) is 2. The minimum atomic E-state index is 0.139. The third-order valence-corrected chi connectivity index (χ3v) is 4.04. The standard InChI is InChI=1S/C14H21N3O2/c18-14(11-4-3-5-11)16-12-8-15-17(9-12)10-13-6-1-2-7-19-13/h8-9,11,13H,1-7,10H2,(H,16,18)/t13-/m0/s1. The molecule has 0 spiro atoms. The molecule has 2 heterocycles. The van der Waals surface area contributed by atoms with Gasteiger partial charge in [0.2, 0.25) is 5.91 Å². The lowest BCUT2D eigenvalue weighted by Crippen LogP contribution is -2.28. The summed E-state index contributed by atoms with van der Waals surface area (Å²) >= 11 is 0. The molecule has 0 unspecified atom stereocenters. The minimum absolute atomic E-state index is 0.139. The average Bonchev–Trinajstić information content (AvgIpc) is 2.75. The molecule has 0 bridgehead atoms. The van der Waals surface area contributed by atoms with Crippen molar-refractivity contribution in [3.63, 3.8) is 0 Å². The normalized spacial score (nSPS) is 23.9. The molecule has 2 aliphatic rings. The van der Waals surface area contributed by atoms with E-state index < -0.39 is 0 Å². The number of ether oxygens (including phenoxy) is 1. The molecule has 5 nitrogen and oxygen atoms in total. The molecule has 104 valence electrons. The second-order valence-corrected chi connectivity index (χ2v) is 5.56. The maximum Gasteiger partial charge on any atom is 0.227 e. The Morgan fingerprint density at radius 2 is 2.26 bits per heavy atom. The maximum absolute atomic E-state index is 11.8. The summed E-state index contributed by atoms with van der Waals surface area (Å²) < 4.78 is 7.56. The number of anilines is 1. The highest BCUT2D eigenvalue weighted by Crippen LogP contribution is 2.27. The first-order chi connectivity index (χ1) is 9.31. The topological polar surface area (TPSA) is 56.2 Å². The fourth-order valence-electron chi connectivity index (χ4n) is 2.60. The predicted octanol–water partition coefficient (Wildman–Crippen LogP) is 2.19. The van der Waals surface area contributed by atoms with Gasteiger partial charge in [0.25, 0.3) is 0 Å². The van der Waals surface area contributed by atoms with Gasteiger partial charge in [-0.3, -0.25) is 9.48 Å². The smallest absolute Gasteiger partial charge is 0.227 e. The molecule has 1 saturated carbocycles. The molecule has 1 saturated heterocycles. The molecule has 5 heteroatoms. The van der Waals surface area contributed by atoms with Crippen molar-refractivity contribution in [2.75, 3.05) is 11.9 Å². The third kappa shape index (κ3) is 3.15. The monoisotopic (exact) mass is 263 g/mol. The number of aromatic nitrogens is 2. The third-order valence-electron chi connectivity index (χ3n) is 4.04. The van der Waals surface area contributed by atoms with Gasteiger partial charge in [0.15, 0.2) is 0 Å². The zero-order valence-electron chi connectivity index (χ0n) is 11.2. The van der Waals surface area contributed by atoms with Crippen LogP contribution in [0.5, 0.6) is 0 Å². The summed E-state index contributed by atoms with van der Waals surface area (Å²) in [5.74, 6) is 0.352. The van der Waals surface area contributed by atoms with Crippen LogP contribution in [0.1, 0.15) is 38.5 Å². The van der Waals surface area contributed by atoms with Crippen LogP contribution >= 0.6 is 0 Å². The van der Waals surface area contributed by atoms with Crippen LogP contribution in [0.2, 0.25) is 0 Å². The van der Waals surface area contributed by atoms with Crippen molar-refractivity contribution >= 4 is 11.6 Å². The van der Waals surface area contributed by atoms with Crippen molar-refractivity contribution in [1.82, 2.24) is 9.78 Å². The van der Waals surface area contributed by atoms with Gasteiger partial charge >= 0.3 is 0 Å². The number of nitrogens with one attached hydrogen (secondary N) is 1. The van der Waals surface area contributed by atoms with Crippen molar-refractivity contribution in [2.45, 2.75) is 51.2 Å². The van der Waals surface area contributed by atoms with E-state index in [0.717, 1.165) is 44.5 Å². The van der Waals surface area contributed by atoms with E-state index in [1.807, 2.05) is 10.9 Å². The van der Waals surface area contributed by atoms with Crippen molar-refractivity contribution < 1.29 is 9.53 Å². The summed E-state index contributed by atoms with van der Waals surface area (Å²) in [5, 5.41) is 7.23. The zero-order chi connectivity index (χ0) is 13.1. The zero-order valence-corrected chi connectivity index (χ0v) is 11.2. The van der Waals surface area contributed by atoms with Gasteiger partial charge in [-0.15, -0.1) is 0 Å². The van der Waals surface area contributed by atoms with Gasteiger partial charge in [-0.1, -0.05) is 6.42 Å². The molecule has 19 heavy (non-hydrogen) atoms. The molecule has 1 amide bonds. The summed E-state index contributed by atoms with van der Waals surface area (Å²) in [5.41, 5.74) is 0.799. The Bertz CT molecular complexity index is 434. The summed E-state index contributed by atoms with van der Waals surface area (Å²) in [6, 6.07) is 0. The second kappa shape index (κ2) is 5.74. The molecule has 1 aliphatic heterocycles. The van der Waals surface area contributed by atoms with E-state index in [-0.39, 0.29) is 17.9 Å². The molecule has 1 aliphatic carbocycles. The van der Waals surface area contributed by atoms with E-state index in [1.54, 1.807) is 6.20 Å². The van der Waals surface area contributed by atoms with Gasteiger partial charge in [-0.25, -0.2) is 0 Å². The van der Waals surface area contributed by atoms with Gasteiger partial charge in [0.1, 0.15) is 0 Å². The van der Waals surface area contributed by atoms with Crippen LogP contribution in [0.15, 0.2) is 12.4 Å². The lowest BCUT2D eigenvalue weighted by atomic mass is 9.85. The van der Waals surface area contributed by atoms with E-state index in [0.29, 0.717) is 0 Å². The Hall–Kier alpha value is -1.36. The molecule has 3 rings (SSSR count). The fraction of sp³-hybridized carbons (Fsp3) is 0.714. The van der Waals surface area contributed by atoms with Crippen LogP contribution < -0.4 is 5.32 Å². The number of hydrogen-bond acceptors (Lipinski definition) is 3. The Morgan fingerprint density at radius 1 is 1.37 bits per heavy atom. The predicted molar refractivity (Wildman–Crippen MR) is 71.8 cm³/mol. The average molecular weight is 263 g/mol. The largest absolute Gasteiger partial charge is 0.376 e. The van der Waals surface area contributed by atoms with Gasteiger partial charge in [-0.05, 0) is 32.1 Å². The van der Waals surface area contributed by atoms with Crippen LogP contribution in [0.3, 0.4) is 0 Å². The lowest BCUT2D eigenvalue weighted by Gasteiger charge is -2.23. The lowest BCUT2D eigenvalue weighted by molar-refractivity contribution is -0.122. The van der Waals surface area contributed by atoms with Crippen molar-refractivity contribution in [3.05, 3.63) is 12.4 Å². The molecule has 0 radical (unpaired) electrons. The number of carbonyl (C=O) groups is 1. The number of carbonyl (C=O) groups excluding carboxylic acids is 1. The quantitative estimate of drug-likeness (QED) is 0.906. The Balaban J connectivity index is 1.52. The van der Waals surface area contributed by atoms with E-state index in [9.17, 15) is 4.79 Å². The molecular formula is C14H21N3O2. The van der Waals surface area contributed by atoms with Gasteiger partial charge in [0.05, 0.1) is 24.5 Å². The van der Waals surface area contributed by atoms with E-state index in [2.05, 4.69) is 10.4 Å². The van der Waals surface area contributed by atoms with Crippen LogP contribution in [0, 0.1) is 5.92 Å². The number of amides is 1. The maximum atomic E-state index is 11.8. The summed E-state index contributed by atoms with van der Waals surface area (Å²) in [6.07, 6.45) is 10.6. The molecule has 2 fully saturated rings. The summed E-state index contributed by atoms with van der Waals surface area (Å²) in [6.45, 7) is 1.64. The van der Waals surface area contributed by atoms with Crippen LogP contribution in [0.25, 0.3) is 0 Å². The summed E-state index contributed by atoms with van der Waals surface area (Å²) in [7, 11) is 0. The van der Waals surface area contributed by atoms with Crippen molar-refractivity contribution in [2.24, 2.45) is 5.92 Å². The van der Waals surface area contributed by atoms with E-state index in [1.165, 1.54) is 12.8 Å². The highest BCUT2D eigenvalue weighted by molar-refractivity contribution is 5.92. The highest BCUT2D eigenvalue weighted by atomic mass is 16.5. The number of rotatable bonds is 4. The summed E-state index contributed by atoms with van der Waals surface area (Å²) in [4.78, 5) is 11.8. The molecule has 1 N–H and O–H groups in total. The van der Waals surface area contributed by atoms with Gasteiger partial charge in [0, 0.05) is 18.7 Å². The molecule has 0 aromatic carbocycles. The molecule has 1 atom stereocenters. The van der Waals surface area contributed by atoms with Crippen molar-refractivity contribution in [3.8, 4) is 0 Å². The SMILES string of the molecule is O=C(Nc1cnn(C[C@@H]2CCCCO2)c1)C1CCC1. The first-order valence-corrected chi connectivity index (χ1v) is 7.26. The van der Waals surface area contributed by atoms with Crippen LogP contribution in [-0.4, -0.2) is 28.4 Å². The number of hydrogen-bond donors (Lipinski definition) is 1. The van der Waals surface area contributed by atoms with E-state index in [4.69, 9.17) is 4.74 Å². The first kappa shape index (κ1) is 12.7. The van der Waals surface area contributed by atoms with Crippen molar-refractivity contribution in [1.29, 1.82) is 0 Å². The second-order valence-electron chi connectivity index (χ2n) is 5.56. The molecule has 1 aromatic heterocycles. The van der Waals surface area contributed by atoms with E-state index >= 15 is 0 Å². The Morgan fingerprint density at radius 3 is 2.95 bits per heavy atom. The Labute approximate surface area is 113 Å². The highest BCUT2D eigenvalue weighted by Gasteiger charge is 2.25. The minimum Gasteiger partial charge on any atom is -0.376 e. The van der Waals surface area contributed by atoms with Gasteiger partial charge < -0.3 is 10.1 Å². The first-order valence-electron chi connectivity index (χ1n) is 7.26. The fourth-order valence-corrected chi connectivity index (χ4v) is 2.60. The molecule has 1 aromatic rings.